The van der Waals surface area contributed by atoms with Gasteiger partial charge in [0.25, 0.3) is 0 Å². The summed E-state index contributed by atoms with van der Waals surface area (Å²) in [5, 5.41) is 11.1. The largest absolute Gasteiger partial charge is 0.480 e. The third-order valence-corrected chi connectivity index (χ3v) is 4.16. The molecule has 0 aromatic carbocycles. The first-order chi connectivity index (χ1) is 8.35. The normalized spacial score (nSPS) is 19.6. The van der Waals surface area contributed by atoms with E-state index in [1.807, 2.05) is 0 Å². The fourth-order valence-corrected chi connectivity index (χ4v) is 2.68. The second-order valence-electron chi connectivity index (χ2n) is 3.89. The molecule has 0 spiro atoms. The number of urea groups is 1. The smallest absolute Gasteiger partial charge is 0.327 e. The highest BCUT2D eigenvalue weighted by atomic mass is 32.2. The zero-order chi connectivity index (χ0) is 13.8. The van der Waals surface area contributed by atoms with Gasteiger partial charge in [0.2, 0.25) is 0 Å². The Kier molecular flexibility index (Phi) is 4.55. The van der Waals surface area contributed by atoms with Gasteiger partial charge in [-0.15, -0.1) is 12.3 Å². The van der Waals surface area contributed by atoms with E-state index in [1.54, 1.807) is 0 Å². The van der Waals surface area contributed by atoms with Gasteiger partial charge >= 0.3 is 12.0 Å². The van der Waals surface area contributed by atoms with Crippen molar-refractivity contribution in [3.8, 4) is 12.3 Å². The van der Waals surface area contributed by atoms with E-state index >= 15 is 0 Å². The van der Waals surface area contributed by atoms with Crippen molar-refractivity contribution in [1.29, 1.82) is 0 Å². The van der Waals surface area contributed by atoms with Crippen LogP contribution in [0.1, 0.15) is 6.42 Å². The Labute approximate surface area is 105 Å². The van der Waals surface area contributed by atoms with Crippen LogP contribution in [0.15, 0.2) is 0 Å². The second kappa shape index (κ2) is 5.73. The Balaban J connectivity index is 2.56. The molecule has 8 heteroatoms. The predicted molar refractivity (Wildman–Crippen MR) is 63.6 cm³/mol. The summed E-state index contributed by atoms with van der Waals surface area (Å²) in [6.45, 7) is 0.132. The molecule has 1 atom stereocenters. The predicted octanol–water partition coefficient (Wildman–Crippen LogP) is -1.10. The van der Waals surface area contributed by atoms with Crippen molar-refractivity contribution in [2.75, 3.05) is 24.6 Å². The molecule has 1 aliphatic heterocycles. The molecule has 2 amide bonds. The Hall–Kier alpha value is -1.75. The number of terminal acetylenes is 1. The molecule has 1 fully saturated rings. The molecule has 2 N–H and O–H groups in total. The lowest BCUT2D eigenvalue weighted by Crippen LogP contribution is -2.52. The number of carboxylic acids is 1. The summed E-state index contributed by atoms with van der Waals surface area (Å²) in [5.41, 5.74) is 0. The van der Waals surface area contributed by atoms with Crippen molar-refractivity contribution in [2.24, 2.45) is 0 Å². The molecule has 0 saturated carbocycles. The van der Waals surface area contributed by atoms with Crippen molar-refractivity contribution in [2.45, 2.75) is 12.5 Å². The topological polar surface area (TPSA) is 104 Å². The van der Waals surface area contributed by atoms with Crippen LogP contribution in [-0.2, 0) is 14.6 Å². The monoisotopic (exact) mass is 274 g/mol. The molecule has 0 aliphatic carbocycles. The average Bonchev–Trinajstić information content (AvgIpc) is 2.28. The van der Waals surface area contributed by atoms with Gasteiger partial charge in [-0.25, -0.2) is 18.0 Å². The maximum atomic E-state index is 11.7. The molecule has 1 saturated heterocycles. The molecule has 1 rings (SSSR count). The van der Waals surface area contributed by atoms with Crippen LogP contribution in [0.25, 0.3) is 0 Å². The lowest BCUT2D eigenvalue weighted by Gasteiger charge is -2.27. The number of amides is 2. The third-order valence-electron chi connectivity index (χ3n) is 2.55. The Bertz CT molecular complexity index is 465. The quantitative estimate of drug-likeness (QED) is 0.636. The van der Waals surface area contributed by atoms with E-state index in [1.165, 1.54) is 4.90 Å². The third kappa shape index (κ3) is 3.92. The summed E-state index contributed by atoms with van der Waals surface area (Å²) in [6.07, 6.45) is 4.88. The minimum atomic E-state index is -3.07. The highest BCUT2D eigenvalue weighted by Crippen LogP contribution is 2.04. The van der Waals surface area contributed by atoms with Crippen LogP contribution in [0, 0.1) is 12.3 Å². The molecular formula is C10H14N2O5S. The van der Waals surface area contributed by atoms with Crippen molar-refractivity contribution in [3.63, 3.8) is 0 Å². The molecule has 0 bridgehead atoms. The number of hydrogen-bond acceptors (Lipinski definition) is 4. The van der Waals surface area contributed by atoms with Crippen LogP contribution in [0.3, 0.4) is 0 Å². The lowest BCUT2D eigenvalue weighted by molar-refractivity contribution is -0.139. The molecule has 100 valence electrons. The number of nitrogens with zero attached hydrogens (tertiary/aromatic N) is 1. The molecular weight excluding hydrogens is 260 g/mol. The van der Waals surface area contributed by atoms with E-state index in [-0.39, 0.29) is 31.0 Å². The van der Waals surface area contributed by atoms with Crippen LogP contribution in [0.4, 0.5) is 4.79 Å². The number of carbonyl (C=O) groups excluding carboxylic acids is 1. The molecule has 0 radical (unpaired) electrons. The van der Waals surface area contributed by atoms with Crippen LogP contribution >= 0.6 is 0 Å². The first kappa shape index (κ1) is 14.3. The molecule has 1 heterocycles. The number of sulfone groups is 1. The number of aliphatic carboxylic acids is 1. The summed E-state index contributed by atoms with van der Waals surface area (Å²) >= 11 is 0. The van der Waals surface area contributed by atoms with Crippen molar-refractivity contribution in [1.82, 2.24) is 10.2 Å². The van der Waals surface area contributed by atoms with Crippen LogP contribution in [0.5, 0.6) is 0 Å². The van der Waals surface area contributed by atoms with Crippen molar-refractivity contribution >= 4 is 21.8 Å². The zero-order valence-electron chi connectivity index (χ0n) is 9.63. The second-order valence-corrected chi connectivity index (χ2v) is 6.19. The van der Waals surface area contributed by atoms with Crippen LogP contribution < -0.4 is 5.32 Å². The fraction of sp³-hybridized carbons (Fsp3) is 0.600. The average molecular weight is 274 g/mol. The number of hydrogen-bond donors (Lipinski definition) is 2. The number of rotatable bonds is 3. The van der Waals surface area contributed by atoms with Gasteiger partial charge in [0.05, 0.1) is 11.5 Å². The molecule has 0 aromatic rings. The first-order valence-electron chi connectivity index (χ1n) is 5.28. The number of nitrogens with one attached hydrogen (secondary N) is 1. The Morgan fingerprint density at radius 3 is 2.39 bits per heavy atom. The molecule has 18 heavy (non-hydrogen) atoms. The minimum absolute atomic E-state index is 0.0660. The van der Waals surface area contributed by atoms with Gasteiger partial charge in [-0.1, -0.05) is 0 Å². The Morgan fingerprint density at radius 2 is 1.94 bits per heavy atom. The highest BCUT2D eigenvalue weighted by molar-refractivity contribution is 7.91. The fourth-order valence-electron chi connectivity index (χ4n) is 1.47. The van der Waals surface area contributed by atoms with E-state index in [4.69, 9.17) is 11.5 Å². The number of carboxylic acid groups (broad SMARTS) is 1. The summed E-state index contributed by atoms with van der Waals surface area (Å²) in [4.78, 5) is 23.7. The SMILES string of the molecule is C#CCC(NC(=O)N1CCS(=O)(=O)CC1)C(=O)O. The highest BCUT2D eigenvalue weighted by Gasteiger charge is 2.27. The molecule has 7 nitrogen and oxygen atoms in total. The zero-order valence-corrected chi connectivity index (χ0v) is 10.4. The van der Waals surface area contributed by atoms with Gasteiger partial charge in [-0.05, 0) is 0 Å². The summed E-state index contributed by atoms with van der Waals surface area (Å²) < 4.78 is 22.3. The van der Waals surface area contributed by atoms with Gasteiger partial charge in [0.15, 0.2) is 9.84 Å². The van der Waals surface area contributed by atoms with Gasteiger partial charge in [-0.2, -0.15) is 0 Å². The van der Waals surface area contributed by atoms with Crippen molar-refractivity contribution in [3.05, 3.63) is 0 Å². The van der Waals surface area contributed by atoms with E-state index in [9.17, 15) is 18.0 Å². The van der Waals surface area contributed by atoms with E-state index in [2.05, 4.69) is 11.2 Å². The standard InChI is InChI=1S/C10H14N2O5S/c1-2-3-8(9(13)14)11-10(15)12-4-6-18(16,17)7-5-12/h1,8H,3-7H2,(H,11,15)(H,13,14). The molecule has 1 unspecified atom stereocenters. The van der Waals surface area contributed by atoms with Gasteiger partial charge in [0, 0.05) is 19.5 Å². The minimum Gasteiger partial charge on any atom is -0.480 e. The summed E-state index contributed by atoms with van der Waals surface area (Å²) in [7, 11) is -3.07. The van der Waals surface area contributed by atoms with Crippen LogP contribution in [-0.4, -0.2) is 61.1 Å². The van der Waals surface area contributed by atoms with Gasteiger partial charge in [-0.3, -0.25) is 0 Å². The maximum Gasteiger partial charge on any atom is 0.327 e. The number of carbonyl (C=O) groups is 2. The van der Waals surface area contributed by atoms with Crippen molar-refractivity contribution < 1.29 is 23.1 Å². The van der Waals surface area contributed by atoms with Crippen LogP contribution in [0.2, 0.25) is 0 Å². The molecule has 0 aromatic heterocycles. The Morgan fingerprint density at radius 1 is 1.39 bits per heavy atom. The molecule has 1 aliphatic rings. The van der Waals surface area contributed by atoms with E-state index in [0.29, 0.717) is 0 Å². The summed E-state index contributed by atoms with van der Waals surface area (Å²) in [5.74, 6) is 0.736. The van der Waals surface area contributed by atoms with E-state index in [0.717, 1.165) is 0 Å². The summed E-state index contributed by atoms with van der Waals surface area (Å²) in [6, 6.07) is -1.76. The maximum absolute atomic E-state index is 11.7. The van der Waals surface area contributed by atoms with E-state index < -0.39 is 27.9 Å². The first-order valence-corrected chi connectivity index (χ1v) is 7.10. The van der Waals surface area contributed by atoms with Gasteiger partial charge < -0.3 is 15.3 Å². The van der Waals surface area contributed by atoms with Gasteiger partial charge in [0.1, 0.15) is 6.04 Å². The lowest BCUT2D eigenvalue weighted by atomic mass is 10.2.